The molecular formula is C23H21N3O4S. The van der Waals surface area contributed by atoms with E-state index in [4.69, 9.17) is 14.6 Å². The number of hydrogen-bond donors (Lipinski definition) is 1. The molecule has 8 heteroatoms. The number of anilines is 1. The lowest BCUT2D eigenvalue weighted by Crippen LogP contribution is -2.36. The van der Waals surface area contributed by atoms with E-state index >= 15 is 0 Å². The zero-order valence-corrected chi connectivity index (χ0v) is 17.6. The van der Waals surface area contributed by atoms with Crippen LogP contribution in [0, 0.1) is 0 Å². The number of fused-ring (bicyclic) bond motifs is 1. The Balaban J connectivity index is 1.59. The number of aromatic nitrogens is 1. The van der Waals surface area contributed by atoms with Gasteiger partial charge >= 0.3 is 0 Å². The fourth-order valence-corrected chi connectivity index (χ4v) is 3.95. The van der Waals surface area contributed by atoms with E-state index in [-0.39, 0.29) is 6.54 Å². The standard InChI is InChI=1S/C23H21N3O4S/c1-29-20-11-12-21-22(15-20)25-14-13-23(21)30-19-9-7-18(8-10-19)26(31(24,27)28)16-17-5-3-2-4-6-17/h2-15H,16H2,1H3,(H2,24,27,28). The fraction of sp³-hybridized carbons (Fsp3) is 0.0870. The molecular weight excluding hydrogens is 414 g/mol. The molecule has 0 atom stereocenters. The number of methoxy groups -OCH3 is 1. The molecule has 0 aliphatic carbocycles. The second-order valence-electron chi connectivity index (χ2n) is 6.83. The quantitative estimate of drug-likeness (QED) is 0.468. The van der Waals surface area contributed by atoms with Crippen LogP contribution < -0.4 is 18.9 Å². The van der Waals surface area contributed by atoms with Crippen LogP contribution in [0.25, 0.3) is 10.9 Å². The summed E-state index contributed by atoms with van der Waals surface area (Å²) in [4.78, 5) is 4.35. The Labute approximate surface area is 180 Å². The molecule has 7 nitrogen and oxygen atoms in total. The highest BCUT2D eigenvalue weighted by Crippen LogP contribution is 2.32. The number of ether oxygens (including phenoxy) is 2. The van der Waals surface area contributed by atoms with Crippen LogP contribution in [0.3, 0.4) is 0 Å². The van der Waals surface area contributed by atoms with Crippen molar-refractivity contribution in [3.8, 4) is 17.2 Å². The van der Waals surface area contributed by atoms with Crippen molar-refractivity contribution < 1.29 is 17.9 Å². The largest absolute Gasteiger partial charge is 0.497 e. The topological polar surface area (TPSA) is 94.7 Å². The summed E-state index contributed by atoms with van der Waals surface area (Å²) in [7, 11) is -2.35. The van der Waals surface area contributed by atoms with E-state index in [0.29, 0.717) is 22.9 Å². The van der Waals surface area contributed by atoms with Gasteiger partial charge in [0, 0.05) is 17.6 Å². The molecule has 0 amide bonds. The SMILES string of the molecule is COc1ccc2c(Oc3ccc(N(Cc4ccccc4)S(N)(=O)=O)cc3)ccnc2c1. The Bertz CT molecular complexity index is 1290. The van der Waals surface area contributed by atoms with Crippen molar-refractivity contribution in [1.29, 1.82) is 0 Å². The first-order valence-corrected chi connectivity index (χ1v) is 11.0. The normalized spacial score (nSPS) is 11.3. The average molecular weight is 436 g/mol. The Morgan fingerprint density at radius 3 is 2.32 bits per heavy atom. The Hall–Kier alpha value is -3.62. The van der Waals surface area contributed by atoms with Gasteiger partial charge in [0.25, 0.3) is 10.2 Å². The highest BCUT2D eigenvalue weighted by molar-refractivity contribution is 7.90. The molecule has 0 saturated carbocycles. The molecule has 0 fully saturated rings. The predicted molar refractivity (Wildman–Crippen MR) is 121 cm³/mol. The minimum absolute atomic E-state index is 0.136. The average Bonchev–Trinajstić information content (AvgIpc) is 2.78. The lowest BCUT2D eigenvalue weighted by atomic mass is 10.2. The van der Waals surface area contributed by atoms with Gasteiger partial charge in [0.05, 0.1) is 24.9 Å². The van der Waals surface area contributed by atoms with Crippen LogP contribution in [0.5, 0.6) is 17.2 Å². The molecule has 1 aromatic heterocycles. The van der Waals surface area contributed by atoms with Gasteiger partial charge in [-0.25, -0.2) is 5.14 Å². The smallest absolute Gasteiger partial charge is 0.299 e. The molecule has 31 heavy (non-hydrogen) atoms. The molecule has 2 N–H and O–H groups in total. The molecule has 0 spiro atoms. The first-order chi connectivity index (χ1) is 14.9. The van der Waals surface area contributed by atoms with Gasteiger partial charge < -0.3 is 9.47 Å². The third-order valence-electron chi connectivity index (χ3n) is 4.74. The first-order valence-electron chi connectivity index (χ1n) is 9.49. The van der Waals surface area contributed by atoms with E-state index in [9.17, 15) is 8.42 Å². The molecule has 3 aromatic carbocycles. The molecule has 0 unspecified atom stereocenters. The van der Waals surface area contributed by atoms with E-state index in [1.807, 2.05) is 48.5 Å². The molecule has 4 aromatic rings. The van der Waals surface area contributed by atoms with Gasteiger partial charge in [-0.2, -0.15) is 8.42 Å². The maximum atomic E-state index is 12.2. The van der Waals surface area contributed by atoms with Crippen molar-refractivity contribution in [1.82, 2.24) is 4.98 Å². The number of pyridine rings is 1. The van der Waals surface area contributed by atoms with E-state index in [1.54, 1.807) is 43.6 Å². The summed E-state index contributed by atoms with van der Waals surface area (Å²) >= 11 is 0. The third kappa shape index (κ3) is 4.76. The summed E-state index contributed by atoms with van der Waals surface area (Å²) in [5.41, 5.74) is 2.02. The number of hydrogen-bond acceptors (Lipinski definition) is 5. The van der Waals surface area contributed by atoms with Gasteiger partial charge in [0.1, 0.15) is 17.2 Å². The van der Waals surface area contributed by atoms with Gasteiger partial charge in [-0.05, 0) is 48.0 Å². The van der Waals surface area contributed by atoms with Crippen molar-refractivity contribution in [3.05, 3.63) is 90.6 Å². The summed E-state index contributed by atoms with van der Waals surface area (Å²) in [5.74, 6) is 1.90. The predicted octanol–water partition coefficient (Wildman–Crippen LogP) is 4.25. The van der Waals surface area contributed by atoms with Gasteiger partial charge in [0.2, 0.25) is 0 Å². The number of nitrogens with two attached hydrogens (primary N) is 1. The third-order valence-corrected chi connectivity index (χ3v) is 5.69. The van der Waals surface area contributed by atoms with E-state index in [1.165, 1.54) is 0 Å². The highest BCUT2D eigenvalue weighted by atomic mass is 32.2. The van der Waals surface area contributed by atoms with E-state index < -0.39 is 10.2 Å². The van der Waals surface area contributed by atoms with Crippen LogP contribution in [0.4, 0.5) is 5.69 Å². The van der Waals surface area contributed by atoms with Crippen molar-refractivity contribution in [2.75, 3.05) is 11.4 Å². The molecule has 158 valence electrons. The maximum Gasteiger partial charge on any atom is 0.299 e. The summed E-state index contributed by atoms with van der Waals surface area (Å²) in [5, 5.41) is 6.29. The van der Waals surface area contributed by atoms with Crippen LogP contribution in [0.1, 0.15) is 5.56 Å². The molecule has 4 rings (SSSR count). The van der Waals surface area contributed by atoms with Crippen molar-refractivity contribution in [3.63, 3.8) is 0 Å². The number of nitrogens with zero attached hydrogens (tertiary/aromatic N) is 2. The van der Waals surface area contributed by atoms with Crippen LogP contribution in [-0.2, 0) is 16.8 Å². The second-order valence-corrected chi connectivity index (χ2v) is 8.30. The van der Waals surface area contributed by atoms with Gasteiger partial charge in [0.15, 0.2) is 0 Å². The minimum atomic E-state index is -3.95. The van der Waals surface area contributed by atoms with Crippen molar-refractivity contribution >= 4 is 26.8 Å². The Kier molecular flexibility index (Phi) is 5.75. The van der Waals surface area contributed by atoms with Gasteiger partial charge in [-0.3, -0.25) is 9.29 Å². The number of benzene rings is 3. The summed E-state index contributed by atoms with van der Waals surface area (Å²) in [6.07, 6.45) is 1.66. The monoisotopic (exact) mass is 435 g/mol. The van der Waals surface area contributed by atoms with Crippen LogP contribution in [0.15, 0.2) is 85.1 Å². The van der Waals surface area contributed by atoms with Crippen LogP contribution in [-0.4, -0.2) is 20.5 Å². The first kappa shape index (κ1) is 20.6. The summed E-state index contributed by atoms with van der Waals surface area (Å²) in [6, 6.07) is 23.3. The summed E-state index contributed by atoms with van der Waals surface area (Å²) < 4.78 is 36.8. The zero-order chi connectivity index (χ0) is 21.8. The Morgan fingerprint density at radius 2 is 1.65 bits per heavy atom. The van der Waals surface area contributed by atoms with E-state index in [0.717, 1.165) is 20.8 Å². The minimum Gasteiger partial charge on any atom is -0.497 e. The van der Waals surface area contributed by atoms with Crippen molar-refractivity contribution in [2.45, 2.75) is 6.54 Å². The maximum absolute atomic E-state index is 12.2. The highest BCUT2D eigenvalue weighted by Gasteiger charge is 2.18. The molecule has 0 aliphatic rings. The van der Waals surface area contributed by atoms with Crippen LogP contribution in [0.2, 0.25) is 0 Å². The van der Waals surface area contributed by atoms with Gasteiger partial charge in [-0.15, -0.1) is 0 Å². The fourth-order valence-electron chi connectivity index (χ4n) is 3.20. The second kappa shape index (κ2) is 8.63. The van der Waals surface area contributed by atoms with E-state index in [2.05, 4.69) is 4.98 Å². The lowest BCUT2D eigenvalue weighted by Gasteiger charge is -2.22. The van der Waals surface area contributed by atoms with Gasteiger partial charge in [-0.1, -0.05) is 30.3 Å². The Morgan fingerprint density at radius 1 is 0.935 bits per heavy atom. The lowest BCUT2D eigenvalue weighted by molar-refractivity contribution is 0.415. The molecule has 0 saturated heterocycles. The molecule has 1 heterocycles. The molecule has 0 aliphatic heterocycles. The summed E-state index contributed by atoms with van der Waals surface area (Å²) in [6.45, 7) is 0.136. The molecule has 0 radical (unpaired) electrons. The molecule has 0 bridgehead atoms. The van der Waals surface area contributed by atoms with Crippen molar-refractivity contribution in [2.24, 2.45) is 5.14 Å². The van der Waals surface area contributed by atoms with Crippen LogP contribution >= 0.6 is 0 Å². The number of rotatable bonds is 7. The zero-order valence-electron chi connectivity index (χ0n) is 16.8.